The second-order valence-corrected chi connectivity index (χ2v) is 11.1. The Labute approximate surface area is 266 Å². The number of hydrogen-bond acceptors (Lipinski definition) is 13. The van der Waals surface area contributed by atoms with Crippen molar-refractivity contribution in [2.75, 3.05) is 26.4 Å². The predicted octanol–water partition coefficient (Wildman–Crippen LogP) is 4.39. The lowest BCUT2D eigenvalue weighted by Crippen LogP contribution is -2.40. The highest BCUT2D eigenvalue weighted by molar-refractivity contribution is 6.08. The molecule has 1 saturated carbocycles. The highest BCUT2D eigenvalue weighted by Crippen LogP contribution is 2.40. The summed E-state index contributed by atoms with van der Waals surface area (Å²) in [5.74, 6) is 1.43. The van der Waals surface area contributed by atoms with Crippen LogP contribution in [0.15, 0.2) is 53.5 Å². The van der Waals surface area contributed by atoms with Gasteiger partial charge < -0.3 is 14.2 Å². The smallest absolute Gasteiger partial charge is 0.432 e. The van der Waals surface area contributed by atoms with Crippen LogP contribution in [0.2, 0.25) is 0 Å². The van der Waals surface area contributed by atoms with E-state index >= 15 is 0 Å². The summed E-state index contributed by atoms with van der Waals surface area (Å²) in [5, 5.41) is 28.9. The summed E-state index contributed by atoms with van der Waals surface area (Å²) < 4.78 is 15.1. The molecule has 246 valence electrons. The number of rotatable bonds is 16. The molecule has 15 heteroatoms. The van der Waals surface area contributed by atoms with Crippen LogP contribution in [0.3, 0.4) is 0 Å². The number of hydrogen-bond donors (Lipinski definition) is 2. The van der Waals surface area contributed by atoms with E-state index in [0.29, 0.717) is 12.4 Å². The quantitative estimate of drug-likeness (QED) is 0.129. The average molecular weight is 638 g/mol. The molecule has 0 saturated heterocycles. The Bertz CT molecular complexity index is 1490. The van der Waals surface area contributed by atoms with E-state index in [2.05, 4.69) is 27.2 Å². The molecule has 0 radical (unpaired) electrons. The molecule has 1 fully saturated rings. The van der Waals surface area contributed by atoms with Gasteiger partial charge in [0.25, 0.3) is 5.91 Å². The second-order valence-electron chi connectivity index (χ2n) is 11.1. The Kier molecular flexibility index (Phi) is 11.4. The Morgan fingerprint density at radius 1 is 0.978 bits per heavy atom. The van der Waals surface area contributed by atoms with E-state index in [1.807, 2.05) is 53.4 Å². The first-order valence-electron chi connectivity index (χ1n) is 15.4. The summed E-state index contributed by atoms with van der Waals surface area (Å²) in [6, 6.07) is 15.8. The number of benzene rings is 2. The zero-order valence-corrected chi connectivity index (χ0v) is 25.8. The topological polar surface area (TPSA) is 174 Å². The number of carbonyl (C=O) groups is 2. The molecule has 15 nitrogen and oxygen atoms in total. The van der Waals surface area contributed by atoms with Gasteiger partial charge in [-0.2, -0.15) is 0 Å². The number of tetrazole rings is 1. The van der Waals surface area contributed by atoms with Crippen LogP contribution in [0.25, 0.3) is 22.5 Å². The third-order valence-corrected chi connectivity index (χ3v) is 7.89. The minimum absolute atomic E-state index is 0.0583. The van der Waals surface area contributed by atoms with Gasteiger partial charge in [-0.1, -0.05) is 74.7 Å². The van der Waals surface area contributed by atoms with Crippen molar-refractivity contribution in [2.24, 2.45) is 4.99 Å². The van der Waals surface area contributed by atoms with Gasteiger partial charge in [-0.25, -0.2) is 9.63 Å². The highest BCUT2D eigenvalue weighted by atomic mass is 17.1. The van der Waals surface area contributed by atoms with Crippen molar-refractivity contribution < 1.29 is 39.1 Å². The van der Waals surface area contributed by atoms with Crippen LogP contribution in [0.4, 0.5) is 4.79 Å². The van der Waals surface area contributed by atoms with Crippen molar-refractivity contribution in [1.82, 2.24) is 30.5 Å². The Balaban J connectivity index is 1.17. The molecule has 3 aromatic rings. The van der Waals surface area contributed by atoms with Crippen molar-refractivity contribution in [3.05, 3.63) is 54.1 Å². The van der Waals surface area contributed by atoms with Crippen LogP contribution in [-0.2, 0) is 37.1 Å². The van der Waals surface area contributed by atoms with E-state index in [-0.39, 0.29) is 39.1 Å². The molecule has 5 rings (SSSR count). The van der Waals surface area contributed by atoms with Crippen molar-refractivity contribution in [2.45, 2.75) is 70.7 Å². The number of aromatic nitrogens is 4. The lowest BCUT2D eigenvalue weighted by atomic mass is 9.97. The molecule has 1 aliphatic carbocycles. The zero-order chi connectivity index (χ0) is 32.4. The van der Waals surface area contributed by atoms with Crippen LogP contribution in [-0.4, -0.2) is 90.8 Å². The summed E-state index contributed by atoms with van der Waals surface area (Å²) in [4.78, 5) is 37.8. The van der Waals surface area contributed by atoms with Gasteiger partial charge in [0.2, 0.25) is 12.6 Å². The number of amides is 1. The summed E-state index contributed by atoms with van der Waals surface area (Å²) >= 11 is 0. The molecule has 2 heterocycles. The molecule has 1 aromatic heterocycles. The summed E-state index contributed by atoms with van der Waals surface area (Å²) in [7, 11) is 0. The van der Waals surface area contributed by atoms with Crippen molar-refractivity contribution in [3.8, 4) is 22.5 Å². The molecule has 1 aliphatic heterocycles. The van der Waals surface area contributed by atoms with Crippen LogP contribution < -0.4 is 0 Å². The molecule has 1 spiro atoms. The number of unbranched alkanes of at least 4 members (excludes halogenated alkanes) is 1. The fourth-order valence-corrected chi connectivity index (χ4v) is 5.62. The standard InChI is InChI=1S/C31H39N7O8/c1-2-3-10-27-32-31(15-6-7-16-31)29(39)36(27)21-23-11-13-24(14-12-23)25-8-4-5-9-26(25)28-33-35-37(34-28)22-45-30(40)44-19-17-43-18-20-46-38(41)42/h4-5,8-9,11-14,41-42H,2-3,6-7,10,15-22H2,1H3. The van der Waals surface area contributed by atoms with Crippen LogP contribution in [0, 0.1) is 0 Å². The number of aliphatic imine (C=N–C) groups is 1. The highest BCUT2D eigenvalue weighted by Gasteiger charge is 2.49. The van der Waals surface area contributed by atoms with E-state index < -0.39 is 17.1 Å². The maximum absolute atomic E-state index is 13.5. The predicted molar refractivity (Wildman–Crippen MR) is 162 cm³/mol. The van der Waals surface area contributed by atoms with E-state index in [4.69, 9.17) is 29.6 Å². The van der Waals surface area contributed by atoms with Gasteiger partial charge in [-0.15, -0.1) is 15.0 Å². The third-order valence-electron chi connectivity index (χ3n) is 7.89. The van der Waals surface area contributed by atoms with E-state index in [0.717, 1.165) is 77.8 Å². The van der Waals surface area contributed by atoms with Crippen molar-refractivity contribution in [3.63, 3.8) is 0 Å². The minimum Gasteiger partial charge on any atom is -0.432 e. The molecule has 2 aliphatic rings. The van der Waals surface area contributed by atoms with Gasteiger partial charge in [0.15, 0.2) is 0 Å². The van der Waals surface area contributed by atoms with Gasteiger partial charge in [-0.05, 0) is 41.2 Å². The van der Waals surface area contributed by atoms with Gasteiger partial charge in [-0.3, -0.25) is 25.1 Å². The zero-order valence-electron chi connectivity index (χ0n) is 25.8. The normalized spacial score (nSPS) is 15.6. The largest absolute Gasteiger partial charge is 0.510 e. The molecule has 46 heavy (non-hydrogen) atoms. The van der Waals surface area contributed by atoms with Crippen molar-refractivity contribution in [1.29, 1.82) is 0 Å². The lowest BCUT2D eigenvalue weighted by molar-refractivity contribution is -0.493. The number of ether oxygens (including phenoxy) is 3. The average Bonchev–Trinajstić information content (AvgIpc) is 3.80. The van der Waals surface area contributed by atoms with Crippen LogP contribution >= 0.6 is 0 Å². The Morgan fingerprint density at radius 3 is 2.46 bits per heavy atom. The van der Waals surface area contributed by atoms with Gasteiger partial charge in [0.1, 0.15) is 18.0 Å². The second kappa shape index (κ2) is 15.8. The van der Waals surface area contributed by atoms with E-state index in [1.54, 1.807) is 0 Å². The van der Waals surface area contributed by atoms with Crippen LogP contribution in [0.5, 0.6) is 0 Å². The molecule has 0 unspecified atom stereocenters. The summed E-state index contributed by atoms with van der Waals surface area (Å²) in [5.41, 5.74) is 3.09. The fourth-order valence-electron chi connectivity index (χ4n) is 5.62. The first kappa shape index (κ1) is 33.1. The minimum atomic E-state index is -0.936. The Morgan fingerprint density at radius 2 is 1.72 bits per heavy atom. The molecule has 0 bridgehead atoms. The lowest BCUT2D eigenvalue weighted by Gasteiger charge is -2.23. The molecule has 2 aromatic carbocycles. The first-order valence-corrected chi connectivity index (χ1v) is 15.4. The van der Waals surface area contributed by atoms with Crippen LogP contribution in [0.1, 0.15) is 57.4 Å². The number of nitrogens with zero attached hydrogens (tertiary/aromatic N) is 7. The SMILES string of the molecule is CCCCC1=NC2(CCCC2)C(=O)N1Cc1ccc(-c2ccccc2-c2nnn(COC(=O)OCCOCCON(O)O)n2)cc1. The Hall–Kier alpha value is -4.28. The van der Waals surface area contributed by atoms with E-state index in [9.17, 15) is 9.59 Å². The molecular formula is C31H39N7O8. The first-order chi connectivity index (χ1) is 22.4. The monoisotopic (exact) mass is 637 g/mol. The summed E-state index contributed by atoms with van der Waals surface area (Å²) in [6.07, 6.45) is 5.73. The number of amidine groups is 1. The summed E-state index contributed by atoms with van der Waals surface area (Å²) in [6.45, 7) is 2.29. The maximum atomic E-state index is 13.5. The molecule has 0 atom stereocenters. The van der Waals surface area contributed by atoms with Gasteiger partial charge in [0, 0.05) is 12.0 Å². The molecular weight excluding hydrogens is 598 g/mol. The van der Waals surface area contributed by atoms with Gasteiger partial charge >= 0.3 is 6.16 Å². The van der Waals surface area contributed by atoms with Gasteiger partial charge in [0.05, 0.1) is 31.8 Å². The molecule has 2 N–H and O–H groups in total. The van der Waals surface area contributed by atoms with Crippen molar-refractivity contribution >= 4 is 17.9 Å². The maximum Gasteiger partial charge on any atom is 0.510 e. The molecule has 1 amide bonds. The van der Waals surface area contributed by atoms with E-state index in [1.165, 1.54) is 0 Å². The number of carbonyl (C=O) groups excluding carboxylic acids is 2. The fraction of sp³-hybridized carbons (Fsp3) is 0.484. The third kappa shape index (κ3) is 8.30.